The van der Waals surface area contributed by atoms with Crippen molar-refractivity contribution in [1.29, 1.82) is 0 Å². The minimum atomic E-state index is 0.0780. The second-order valence-electron chi connectivity index (χ2n) is 4.75. The molecule has 0 aliphatic carbocycles. The summed E-state index contributed by atoms with van der Waals surface area (Å²) >= 11 is 0. The first kappa shape index (κ1) is 13.3. The smallest absolute Gasteiger partial charge is 0.163 e. The van der Waals surface area contributed by atoms with Gasteiger partial charge in [-0.2, -0.15) is 0 Å². The van der Waals surface area contributed by atoms with E-state index in [-0.39, 0.29) is 11.7 Å². The van der Waals surface area contributed by atoms with Crippen molar-refractivity contribution in [2.45, 2.75) is 19.3 Å². The van der Waals surface area contributed by atoms with Crippen LogP contribution in [0.2, 0.25) is 0 Å². The molecule has 0 aliphatic rings. The van der Waals surface area contributed by atoms with Gasteiger partial charge in [0.2, 0.25) is 0 Å². The molecule has 2 aromatic rings. The summed E-state index contributed by atoms with van der Waals surface area (Å²) in [4.78, 5) is 12.3. The van der Waals surface area contributed by atoms with E-state index in [0.717, 1.165) is 16.7 Å². The number of carbonyl (C=O) groups excluding carboxylic acids is 1. The summed E-state index contributed by atoms with van der Waals surface area (Å²) in [7, 11) is 0. The van der Waals surface area contributed by atoms with Crippen molar-refractivity contribution >= 4 is 5.78 Å². The van der Waals surface area contributed by atoms with Gasteiger partial charge in [0.1, 0.15) is 0 Å². The molecule has 1 heteroatoms. The molecular formula is C18H18O. The van der Waals surface area contributed by atoms with Gasteiger partial charge >= 0.3 is 0 Å². The number of Topliss-reactive ketones (excluding diaryl/α,β-unsaturated/α-hetero) is 1. The molecule has 0 heterocycles. The molecule has 1 nitrogen and oxygen atoms in total. The second kappa shape index (κ2) is 6.14. The zero-order valence-electron chi connectivity index (χ0n) is 11.2. The molecule has 1 atom stereocenters. The van der Waals surface area contributed by atoms with Crippen molar-refractivity contribution in [3.63, 3.8) is 0 Å². The molecule has 0 aromatic heterocycles. The minimum absolute atomic E-state index is 0.0780. The summed E-state index contributed by atoms with van der Waals surface area (Å²) in [6.45, 7) is 5.85. The molecule has 0 radical (unpaired) electrons. The highest BCUT2D eigenvalue weighted by atomic mass is 16.1. The zero-order chi connectivity index (χ0) is 13.7. The van der Waals surface area contributed by atoms with E-state index in [1.54, 1.807) is 0 Å². The van der Waals surface area contributed by atoms with Gasteiger partial charge in [-0.05, 0) is 18.6 Å². The van der Waals surface area contributed by atoms with Crippen LogP contribution in [0.25, 0.3) is 0 Å². The highest BCUT2D eigenvalue weighted by molar-refractivity contribution is 5.96. The van der Waals surface area contributed by atoms with E-state index in [1.807, 2.05) is 67.6 Å². The number of aryl methyl sites for hydroxylation is 1. The number of rotatable bonds is 5. The summed E-state index contributed by atoms with van der Waals surface area (Å²) in [5.41, 5.74) is 3.03. The standard InChI is InChI=1S/C18H18O/c1-3-15(16-9-5-4-6-10-16)13-18(19)17-11-7-8-14(2)12-17/h3-12,15H,1,13H2,2H3. The van der Waals surface area contributed by atoms with Crippen molar-refractivity contribution in [1.82, 2.24) is 0 Å². The van der Waals surface area contributed by atoms with Crippen molar-refractivity contribution in [2.24, 2.45) is 0 Å². The average molecular weight is 250 g/mol. The van der Waals surface area contributed by atoms with Gasteiger partial charge in [0.25, 0.3) is 0 Å². The van der Waals surface area contributed by atoms with Crippen molar-refractivity contribution < 1.29 is 4.79 Å². The normalized spacial score (nSPS) is 11.8. The lowest BCUT2D eigenvalue weighted by Gasteiger charge is -2.12. The van der Waals surface area contributed by atoms with Crippen LogP contribution in [0.15, 0.2) is 67.3 Å². The van der Waals surface area contributed by atoms with Crippen molar-refractivity contribution in [2.75, 3.05) is 0 Å². The number of benzene rings is 2. The predicted molar refractivity (Wildman–Crippen MR) is 79.5 cm³/mol. The largest absolute Gasteiger partial charge is 0.294 e. The van der Waals surface area contributed by atoms with Gasteiger partial charge in [0, 0.05) is 17.9 Å². The summed E-state index contributed by atoms with van der Waals surface area (Å²) in [6.07, 6.45) is 2.32. The lowest BCUT2D eigenvalue weighted by atomic mass is 9.91. The summed E-state index contributed by atoms with van der Waals surface area (Å²) in [5.74, 6) is 0.242. The molecule has 96 valence electrons. The average Bonchev–Trinajstić information content (AvgIpc) is 2.45. The van der Waals surface area contributed by atoms with Crippen LogP contribution in [0.5, 0.6) is 0 Å². The number of hydrogen-bond donors (Lipinski definition) is 0. The fraction of sp³-hybridized carbons (Fsp3) is 0.167. The fourth-order valence-electron chi connectivity index (χ4n) is 2.17. The topological polar surface area (TPSA) is 17.1 Å². The third-order valence-corrected chi connectivity index (χ3v) is 3.26. The molecule has 19 heavy (non-hydrogen) atoms. The molecular weight excluding hydrogens is 232 g/mol. The van der Waals surface area contributed by atoms with Crippen LogP contribution in [0.3, 0.4) is 0 Å². The van der Waals surface area contributed by atoms with Gasteiger partial charge in [0.05, 0.1) is 0 Å². The van der Waals surface area contributed by atoms with Gasteiger partial charge < -0.3 is 0 Å². The Hall–Kier alpha value is -2.15. The predicted octanol–water partition coefficient (Wildman–Crippen LogP) is 4.54. The molecule has 0 saturated carbocycles. The van der Waals surface area contributed by atoms with E-state index in [1.165, 1.54) is 0 Å². The van der Waals surface area contributed by atoms with Crippen LogP contribution in [-0.2, 0) is 0 Å². The quantitative estimate of drug-likeness (QED) is 0.562. The Morgan fingerprint density at radius 1 is 1.16 bits per heavy atom. The third kappa shape index (κ3) is 3.41. The maximum Gasteiger partial charge on any atom is 0.163 e. The molecule has 0 aliphatic heterocycles. The molecule has 0 N–H and O–H groups in total. The third-order valence-electron chi connectivity index (χ3n) is 3.26. The number of allylic oxidation sites excluding steroid dienone is 1. The monoisotopic (exact) mass is 250 g/mol. The van der Waals surface area contributed by atoms with E-state index in [4.69, 9.17) is 0 Å². The van der Waals surface area contributed by atoms with Crippen molar-refractivity contribution in [3.8, 4) is 0 Å². The Labute approximate surface area is 114 Å². The van der Waals surface area contributed by atoms with Crippen LogP contribution in [0.1, 0.15) is 33.8 Å². The number of carbonyl (C=O) groups is 1. The van der Waals surface area contributed by atoms with Crippen molar-refractivity contribution in [3.05, 3.63) is 83.9 Å². The molecule has 0 bridgehead atoms. The maximum absolute atomic E-state index is 12.3. The van der Waals surface area contributed by atoms with Crippen LogP contribution in [0.4, 0.5) is 0 Å². The van der Waals surface area contributed by atoms with Crippen LogP contribution in [-0.4, -0.2) is 5.78 Å². The number of hydrogen-bond acceptors (Lipinski definition) is 1. The van der Waals surface area contributed by atoms with Gasteiger partial charge in [-0.1, -0.05) is 60.2 Å². The van der Waals surface area contributed by atoms with Gasteiger partial charge in [0.15, 0.2) is 5.78 Å². The first-order chi connectivity index (χ1) is 9.20. The minimum Gasteiger partial charge on any atom is -0.294 e. The molecule has 0 saturated heterocycles. The Morgan fingerprint density at radius 2 is 1.89 bits per heavy atom. The van der Waals surface area contributed by atoms with Gasteiger partial charge in [-0.3, -0.25) is 4.79 Å². The van der Waals surface area contributed by atoms with Crippen LogP contribution < -0.4 is 0 Å². The van der Waals surface area contributed by atoms with E-state index < -0.39 is 0 Å². The zero-order valence-corrected chi connectivity index (χ0v) is 11.2. The Bertz CT molecular complexity index is 569. The highest BCUT2D eigenvalue weighted by Crippen LogP contribution is 2.22. The first-order valence-electron chi connectivity index (χ1n) is 6.48. The molecule has 0 spiro atoms. The lowest BCUT2D eigenvalue weighted by molar-refractivity contribution is 0.0978. The molecule has 1 unspecified atom stereocenters. The maximum atomic E-state index is 12.3. The van der Waals surface area contributed by atoms with E-state index in [2.05, 4.69) is 6.58 Å². The molecule has 0 amide bonds. The lowest BCUT2D eigenvalue weighted by Crippen LogP contribution is -2.06. The fourth-order valence-corrected chi connectivity index (χ4v) is 2.17. The molecule has 0 fully saturated rings. The van der Waals surface area contributed by atoms with Gasteiger partial charge in [-0.15, -0.1) is 6.58 Å². The summed E-state index contributed by atoms with van der Waals surface area (Å²) in [5, 5.41) is 0. The Kier molecular flexibility index (Phi) is 4.30. The van der Waals surface area contributed by atoms with E-state index in [0.29, 0.717) is 6.42 Å². The molecule has 2 aromatic carbocycles. The van der Waals surface area contributed by atoms with Crippen LogP contribution >= 0.6 is 0 Å². The highest BCUT2D eigenvalue weighted by Gasteiger charge is 2.14. The SMILES string of the molecule is C=CC(CC(=O)c1cccc(C)c1)c1ccccc1. The Morgan fingerprint density at radius 3 is 2.53 bits per heavy atom. The first-order valence-corrected chi connectivity index (χ1v) is 6.48. The van der Waals surface area contributed by atoms with Crippen LogP contribution in [0, 0.1) is 6.92 Å². The van der Waals surface area contributed by atoms with E-state index in [9.17, 15) is 4.79 Å². The summed E-state index contributed by atoms with van der Waals surface area (Å²) < 4.78 is 0. The second-order valence-corrected chi connectivity index (χ2v) is 4.75. The summed E-state index contributed by atoms with van der Waals surface area (Å²) in [6, 6.07) is 17.8. The van der Waals surface area contributed by atoms with E-state index >= 15 is 0 Å². The Balaban J connectivity index is 2.15. The van der Waals surface area contributed by atoms with Gasteiger partial charge in [-0.25, -0.2) is 0 Å². The molecule has 2 rings (SSSR count). The number of ketones is 1.